The van der Waals surface area contributed by atoms with Crippen molar-refractivity contribution in [3.05, 3.63) is 28.4 Å². The maximum atomic E-state index is 9.83. The fourth-order valence-electron chi connectivity index (χ4n) is 0.0625. The van der Waals surface area contributed by atoms with Gasteiger partial charge in [-0.25, -0.2) is 0 Å². The molecular weight excluding hydrogens is 472 g/mol. The number of urea groups is 1. The Hall–Kier alpha value is 3.69. The van der Waals surface area contributed by atoms with E-state index in [0.717, 1.165) is 0 Å². The maximum Gasteiger partial charge on any atom is 0.255 e. The Morgan fingerprint density at radius 2 is 1.08 bits per heavy atom. The largest absolute Gasteiger partial charge is 0.492 e. The van der Waals surface area contributed by atoms with Crippen molar-refractivity contribution in [2.45, 2.75) is 6.92 Å². The fourth-order valence-corrected chi connectivity index (χ4v) is 0.0625. The van der Waals surface area contributed by atoms with Crippen molar-refractivity contribution >= 4 is 6.03 Å². The fraction of sp³-hybridized carbons (Fsp3) is 0.167. The molecule has 2 N–H and O–H groups in total. The van der Waals surface area contributed by atoms with Crippen molar-refractivity contribution < 1.29 is 136 Å². The van der Waals surface area contributed by atoms with E-state index in [1.807, 2.05) is 0 Å². The van der Waals surface area contributed by atoms with Crippen LogP contribution < -0.4 is 10.6 Å². The number of carbonyl (C=O) groups is 1. The van der Waals surface area contributed by atoms with Crippen LogP contribution in [0.25, 0.3) is 0 Å². The summed E-state index contributed by atoms with van der Waals surface area (Å²) in [7, 11) is 6.11. The molecule has 0 saturated heterocycles. The molecule has 13 heavy (non-hydrogen) atoms. The zero-order valence-electron chi connectivity index (χ0n) is 8.34. The van der Waals surface area contributed by atoms with E-state index in [9.17, 15) is 4.79 Å². The molecule has 7 heteroatoms. The van der Waals surface area contributed by atoms with E-state index < -0.39 is 0 Å². The van der Waals surface area contributed by atoms with Crippen LogP contribution in [-0.4, -0.2) is 6.03 Å². The average molecular weight is 486 g/mol. The zero-order chi connectivity index (χ0) is 6.99. The van der Waals surface area contributed by atoms with Gasteiger partial charge in [-0.05, 0) is 0 Å². The van der Waals surface area contributed by atoms with Crippen molar-refractivity contribution in [2.24, 2.45) is 0 Å². The quantitative estimate of drug-likeness (QED) is 0.497. The summed E-state index contributed by atoms with van der Waals surface area (Å²) in [6.45, 7) is 5.00. The van der Waals surface area contributed by atoms with Gasteiger partial charge in [-0.3, -0.25) is 18.9 Å². The Labute approximate surface area is 183 Å². The minimum absolute atomic E-state index is 0. The van der Waals surface area contributed by atoms with Crippen molar-refractivity contribution in [3.8, 4) is 0 Å². The minimum Gasteiger partial charge on any atom is -0.492 e. The first-order valence-corrected chi connectivity index (χ1v) is 2.12. The molecule has 0 aliphatic rings. The Bertz CT molecular complexity index is 60.6. The van der Waals surface area contributed by atoms with Crippen LogP contribution in [0.15, 0.2) is 0 Å². The van der Waals surface area contributed by atoms with Crippen LogP contribution in [0.1, 0.15) is 6.92 Å². The predicted octanol–water partition coefficient (Wildman–Crippen LogP) is 1.15. The molecule has 3 nitrogen and oxygen atoms in total. The van der Waals surface area contributed by atoms with Gasteiger partial charge in [0.25, 0.3) is 6.03 Å². The molecule has 0 bridgehead atoms. The van der Waals surface area contributed by atoms with Crippen LogP contribution in [0.2, 0.25) is 0 Å². The van der Waals surface area contributed by atoms with Crippen LogP contribution in [0, 0.1) is 28.4 Å². The zero-order valence-corrected chi connectivity index (χ0v) is 19.7. The van der Waals surface area contributed by atoms with E-state index in [1.54, 1.807) is 6.92 Å². The number of hydrogen-bond donors (Lipinski definition) is 2. The number of carbonyl (C=O) groups excluding carboxylic acids is 1. The van der Waals surface area contributed by atoms with E-state index >= 15 is 0 Å². The summed E-state index contributed by atoms with van der Waals surface area (Å²) in [4.78, 5) is 9.83. The first kappa shape index (κ1) is 43.8. The van der Waals surface area contributed by atoms with Crippen LogP contribution in [0.5, 0.6) is 0 Å². The van der Waals surface area contributed by atoms with Gasteiger partial charge in [0.1, 0.15) is 0 Å². The second kappa shape index (κ2) is 44.8. The second-order valence-corrected chi connectivity index (χ2v) is 0.683. The number of nitrogens with one attached hydrogen (secondary N) is 2. The van der Waals surface area contributed by atoms with Gasteiger partial charge in [0.2, 0.25) is 0 Å². The van der Waals surface area contributed by atoms with Gasteiger partial charge >= 0.3 is 0 Å². The number of amides is 2. The van der Waals surface area contributed by atoms with Gasteiger partial charge in [0.05, 0.1) is 0 Å². The molecule has 0 atom stereocenters. The predicted molar refractivity (Wildman–Crippen MR) is 39.8 cm³/mol. The molecule has 0 aromatic carbocycles. The third-order valence-electron chi connectivity index (χ3n) is 0.321. The molecule has 0 aliphatic carbocycles. The standard InChI is InChI=1S/C3H6N2O.C2H5.CH3.4Y/c1-4-3(6)5-2;1-2;;;;;/h1-2H2,(H2,4,5,6);1H2,2H3;1H3;;;;/q-2;2*-1;;;;. The summed E-state index contributed by atoms with van der Waals surface area (Å²) in [6.07, 6.45) is 0. The average Bonchev–Trinajstić information content (AvgIpc) is 1.91. The third-order valence-corrected chi connectivity index (χ3v) is 0.321. The monoisotopic (exact) mass is 486 g/mol. The minimum atomic E-state index is -0.380. The van der Waals surface area contributed by atoms with Crippen molar-refractivity contribution in [1.29, 1.82) is 0 Å². The summed E-state index contributed by atoms with van der Waals surface area (Å²) in [6, 6.07) is -0.380. The first-order valence-electron chi connectivity index (χ1n) is 2.12. The molecule has 0 unspecified atom stereocenters. The van der Waals surface area contributed by atoms with Crippen molar-refractivity contribution in [2.75, 3.05) is 0 Å². The van der Waals surface area contributed by atoms with Crippen molar-refractivity contribution in [3.63, 3.8) is 0 Å². The summed E-state index contributed by atoms with van der Waals surface area (Å²) in [5.41, 5.74) is 0. The second-order valence-electron chi connectivity index (χ2n) is 0.683. The van der Waals surface area contributed by atoms with Gasteiger partial charge < -0.3 is 25.0 Å². The summed E-state index contributed by atoms with van der Waals surface area (Å²) < 4.78 is 0. The molecule has 0 aromatic rings. The van der Waals surface area contributed by atoms with Crippen molar-refractivity contribution in [1.82, 2.24) is 10.6 Å². The summed E-state index contributed by atoms with van der Waals surface area (Å²) in [5, 5.41) is 4.10. The summed E-state index contributed by atoms with van der Waals surface area (Å²) in [5.74, 6) is 0. The van der Waals surface area contributed by atoms with E-state index in [1.165, 1.54) is 0 Å². The number of hydrogen-bond acceptors (Lipinski definition) is 1. The van der Waals surface area contributed by atoms with Gasteiger partial charge in [0, 0.05) is 131 Å². The van der Waals surface area contributed by atoms with E-state index in [4.69, 9.17) is 0 Å². The molecule has 0 aromatic heterocycles. The molecule has 0 fully saturated rings. The Morgan fingerprint density at radius 1 is 0.923 bits per heavy atom. The molecule has 0 heterocycles. The molecule has 0 aliphatic heterocycles. The van der Waals surface area contributed by atoms with Gasteiger partial charge in [-0.15, -0.1) is 0 Å². The third kappa shape index (κ3) is 49.7. The van der Waals surface area contributed by atoms with Crippen LogP contribution >= 0.6 is 0 Å². The van der Waals surface area contributed by atoms with Crippen LogP contribution in [-0.2, 0) is 131 Å². The summed E-state index contributed by atoms with van der Waals surface area (Å²) >= 11 is 0. The van der Waals surface area contributed by atoms with Gasteiger partial charge in [-0.1, -0.05) is 0 Å². The molecule has 0 rings (SSSR count). The molecule has 2 amide bonds. The van der Waals surface area contributed by atoms with Crippen LogP contribution in [0.4, 0.5) is 4.79 Å². The van der Waals surface area contributed by atoms with E-state index in [0.29, 0.717) is 0 Å². The normalized spacial score (nSPS) is 3.69. The van der Waals surface area contributed by atoms with Crippen LogP contribution in [0.3, 0.4) is 0 Å². The van der Waals surface area contributed by atoms with Gasteiger partial charge in [-0.2, -0.15) is 6.92 Å². The van der Waals surface area contributed by atoms with E-state index in [-0.39, 0.29) is 144 Å². The molecule has 0 saturated carbocycles. The molecule has 70 valence electrons. The topological polar surface area (TPSA) is 41.1 Å². The molecule has 0 spiro atoms. The SMILES string of the molecule is [CH2-]C.[CH2-]NC(=O)N[CH2-].[CH3-].[Y].[Y].[Y].[Y]. The Morgan fingerprint density at radius 3 is 1.08 bits per heavy atom. The first-order chi connectivity index (χ1) is 3.81. The Balaban J connectivity index is -0.00000000966. The molecule has 4 radical (unpaired) electrons. The smallest absolute Gasteiger partial charge is 0.255 e. The maximum absolute atomic E-state index is 9.83. The van der Waals surface area contributed by atoms with Gasteiger partial charge in [0.15, 0.2) is 0 Å². The molecular formula is C6H14N2OY4-4. The van der Waals surface area contributed by atoms with E-state index in [2.05, 4.69) is 31.7 Å². The Kier molecular flexibility index (Phi) is 151. The number of rotatable bonds is 0.